The maximum Gasteiger partial charge on any atom is 0.306 e. The molecule has 0 aliphatic carbocycles. The van der Waals surface area contributed by atoms with Crippen molar-refractivity contribution in [1.82, 2.24) is 0 Å². The van der Waals surface area contributed by atoms with Crippen LogP contribution in [0.25, 0.3) is 0 Å². The molecule has 0 saturated carbocycles. The first-order valence-corrected chi connectivity index (χ1v) is 20.9. The van der Waals surface area contributed by atoms with Gasteiger partial charge in [0.15, 0.2) is 6.10 Å². The molecule has 6 heteroatoms. The summed E-state index contributed by atoms with van der Waals surface area (Å²) in [7, 11) is 0. The molecule has 0 amide bonds. The molecule has 284 valence electrons. The summed E-state index contributed by atoms with van der Waals surface area (Å²) in [5, 5.41) is 0. The molecule has 0 aliphatic rings. The van der Waals surface area contributed by atoms with Crippen molar-refractivity contribution >= 4 is 17.9 Å². The van der Waals surface area contributed by atoms with Crippen molar-refractivity contribution in [2.75, 3.05) is 13.2 Å². The average molecular weight is 681 g/mol. The molecule has 0 aromatic heterocycles. The van der Waals surface area contributed by atoms with Gasteiger partial charge < -0.3 is 14.2 Å². The van der Waals surface area contributed by atoms with Gasteiger partial charge in [0.2, 0.25) is 0 Å². The Balaban J connectivity index is 4.17. The topological polar surface area (TPSA) is 78.9 Å². The van der Waals surface area contributed by atoms with Crippen LogP contribution in [0, 0.1) is 5.92 Å². The molecule has 0 aliphatic heterocycles. The maximum atomic E-state index is 12.5. The van der Waals surface area contributed by atoms with Crippen LogP contribution >= 0.6 is 0 Å². The molecule has 0 saturated heterocycles. The molecular weight excluding hydrogens is 600 g/mol. The minimum absolute atomic E-state index is 0.0664. The minimum Gasteiger partial charge on any atom is -0.462 e. The van der Waals surface area contributed by atoms with Crippen molar-refractivity contribution < 1.29 is 28.6 Å². The van der Waals surface area contributed by atoms with Gasteiger partial charge in [0, 0.05) is 19.3 Å². The van der Waals surface area contributed by atoms with E-state index in [0.717, 1.165) is 70.1 Å². The zero-order chi connectivity index (χ0) is 35.3. The molecule has 0 spiro atoms. The summed E-state index contributed by atoms with van der Waals surface area (Å²) in [5.74, 6) is -0.0624. The van der Waals surface area contributed by atoms with E-state index in [0.29, 0.717) is 19.3 Å². The van der Waals surface area contributed by atoms with Crippen molar-refractivity contribution in [1.29, 1.82) is 0 Å². The predicted molar refractivity (Wildman–Crippen MR) is 201 cm³/mol. The predicted octanol–water partition coefficient (Wildman–Crippen LogP) is 12.8. The lowest BCUT2D eigenvalue weighted by atomic mass is 10.00. The summed E-state index contributed by atoms with van der Waals surface area (Å²) >= 11 is 0. The zero-order valence-electron chi connectivity index (χ0n) is 32.4. The van der Waals surface area contributed by atoms with Crippen molar-refractivity contribution in [3.8, 4) is 0 Å². The quantitative estimate of drug-likeness (QED) is 0.0369. The number of ether oxygens (including phenoxy) is 3. The molecule has 0 aromatic rings. The SMILES string of the molecule is CCCCCCCCCCCCCCCCCC(=O)OC[C@H](COC(=O)CCCCCCCCC(C)CC)OC(=O)CCCCCCC. The van der Waals surface area contributed by atoms with Gasteiger partial charge in [-0.25, -0.2) is 0 Å². The summed E-state index contributed by atoms with van der Waals surface area (Å²) in [4.78, 5) is 37.3. The summed E-state index contributed by atoms with van der Waals surface area (Å²) in [6, 6.07) is 0. The van der Waals surface area contributed by atoms with Crippen LogP contribution in [0.1, 0.15) is 227 Å². The van der Waals surface area contributed by atoms with Gasteiger partial charge >= 0.3 is 17.9 Å². The summed E-state index contributed by atoms with van der Waals surface area (Å²) < 4.78 is 16.5. The van der Waals surface area contributed by atoms with E-state index in [4.69, 9.17) is 14.2 Å². The first kappa shape index (κ1) is 46.4. The Morgan fingerprint density at radius 1 is 0.417 bits per heavy atom. The van der Waals surface area contributed by atoms with E-state index in [9.17, 15) is 14.4 Å². The van der Waals surface area contributed by atoms with Gasteiger partial charge in [-0.3, -0.25) is 14.4 Å². The van der Waals surface area contributed by atoms with E-state index >= 15 is 0 Å². The highest BCUT2D eigenvalue weighted by atomic mass is 16.6. The van der Waals surface area contributed by atoms with Gasteiger partial charge in [0.25, 0.3) is 0 Å². The summed E-state index contributed by atoms with van der Waals surface area (Å²) in [5.41, 5.74) is 0. The number of unbranched alkanes of at least 4 members (excludes halogenated alkanes) is 23. The molecule has 0 aromatic carbocycles. The lowest BCUT2D eigenvalue weighted by Crippen LogP contribution is -2.30. The molecule has 0 bridgehead atoms. The third-order valence-corrected chi connectivity index (χ3v) is 9.65. The monoisotopic (exact) mass is 681 g/mol. The normalized spacial score (nSPS) is 12.5. The average Bonchev–Trinajstić information content (AvgIpc) is 3.08. The second kappa shape index (κ2) is 36.7. The number of rotatable bonds is 37. The van der Waals surface area contributed by atoms with Gasteiger partial charge in [-0.05, 0) is 25.2 Å². The number of carbonyl (C=O) groups is 3. The van der Waals surface area contributed by atoms with Crippen LogP contribution in [0.15, 0.2) is 0 Å². The Morgan fingerprint density at radius 2 is 0.729 bits per heavy atom. The molecule has 0 radical (unpaired) electrons. The van der Waals surface area contributed by atoms with E-state index in [1.807, 2.05) is 0 Å². The van der Waals surface area contributed by atoms with Crippen LogP contribution in [0.2, 0.25) is 0 Å². The van der Waals surface area contributed by atoms with Gasteiger partial charge in [0.1, 0.15) is 13.2 Å². The second-order valence-corrected chi connectivity index (χ2v) is 14.5. The largest absolute Gasteiger partial charge is 0.462 e. The highest BCUT2D eigenvalue weighted by molar-refractivity contribution is 5.71. The van der Waals surface area contributed by atoms with E-state index in [2.05, 4.69) is 27.7 Å². The van der Waals surface area contributed by atoms with Crippen LogP contribution < -0.4 is 0 Å². The van der Waals surface area contributed by atoms with Crippen LogP contribution in [0.4, 0.5) is 0 Å². The molecule has 1 unspecified atom stereocenters. The Kier molecular flexibility index (Phi) is 35.5. The lowest BCUT2D eigenvalue weighted by Gasteiger charge is -2.18. The zero-order valence-corrected chi connectivity index (χ0v) is 32.4. The molecular formula is C42H80O6. The molecule has 2 atom stereocenters. The lowest BCUT2D eigenvalue weighted by molar-refractivity contribution is -0.167. The Labute approximate surface area is 298 Å². The standard InChI is InChI=1S/C42H80O6/c1-5-8-10-12-13-14-15-16-17-18-19-20-21-26-29-33-40(43)46-36-39(48-42(45)35-31-24-11-9-6-2)37-47-41(44)34-30-27-23-22-25-28-32-38(4)7-3/h38-39H,5-37H2,1-4H3/t38?,39-/m1/s1. The maximum absolute atomic E-state index is 12.5. The highest BCUT2D eigenvalue weighted by Gasteiger charge is 2.19. The fraction of sp³-hybridized carbons (Fsp3) is 0.929. The fourth-order valence-corrected chi connectivity index (χ4v) is 6.06. The van der Waals surface area contributed by atoms with Gasteiger partial charge in [-0.15, -0.1) is 0 Å². The van der Waals surface area contributed by atoms with Crippen molar-refractivity contribution in [2.45, 2.75) is 233 Å². The van der Waals surface area contributed by atoms with Crippen LogP contribution in [-0.2, 0) is 28.6 Å². The second-order valence-electron chi connectivity index (χ2n) is 14.5. The molecule has 48 heavy (non-hydrogen) atoms. The van der Waals surface area contributed by atoms with E-state index in [-0.39, 0.29) is 31.1 Å². The number of hydrogen-bond donors (Lipinski definition) is 0. The van der Waals surface area contributed by atoms with Crippen LogP contribution in [0.5, 0.6) is 0 Å². The smallest absolute Gasteiger partial charge is 0.306 e. The van der Waals surface area contributed by atoms with Crippen LogP contribution in [0.3, 0.4) is 0 Å². The third-order valence-electron chi connectivity index (χ3n) is 9.65. The Morgan fingerprint density at radius 3 is 1.08 bits per heavy atom. The van der Waals surface area contributed by atoms with E-state index < -0.39 is 6.10 Å². The fourth-order valence-electron chi connectivity index (χ4n) is 6.06. The third kappa shape index (κ3) is 34.3. The van der Waals surface area contributed by atoms with Crippen LogP contribution in [-0.4, -0.2) is 37.2 Å². The Hall–Kier alpha value is -1.59. The van der Waals surface area contributed by atoms with Gasteiger partial charge in [-0.2, -0.15) is 0 Å². The van der Waals surface area contributed by atoms with Gasteiger partial charge in [0.05, 0.1) is 0 Å². The van der Waals surface area contributed by atoms with Crippen molar-refractivity contribution in [2.24, 2.45) is 5.92 Å². The van der Waals surface area contributed by atoms with Crippen molar-refractivity contribution in [3.63, 3.8) is 0 Å². The molecule has 0 fully saturated rings. The van der Waals surface area contributed by atoms with Gasteiger partial charge in [-0.1, -0.05) is 188 Å². The first-order chi connectivity index (χ1) is 23.4. The molecule has 0 N–H and O–H groups in total. The molecule has 0 rings (SSSR count). The summed E-state index contributed by atoms with van der Waals surface area (Å²) in [6.07, 6.45) is 34.0. The highest BCUT2D eigenvalue weighted by Crippen LogP contribution is 2.16. The number of esters is 3. The number of carbonyl (C=O) groups excluding carboxylic acids is 3. The number of hydrogen-bond acceptors (Lipinski definition) is 6. The van der Waals surface area contributed by atoms with E-state index in [1.54, 1.807) is 0 Å². The molecule has 6 nitrogen and oxygen atoms in total. The Bertz CT molecular complexity index is 723. The minimum atomic E-state index is -0.757. The van der Waals surface area contributed by atoms with Crippen molar-refractivity contribution in [3.05, 3.63) is 0 Å². The van der Waals surface area contributed by atoms with E-state index in [1.165, 1.54) is 116 Å². The first-order valence-electron chi connectivity index (χ1n) is 20.9. The molecule has 0 heterocycles. The summed E-state index contributed by atoms with van der Waals surface area (Å²) in [6.45, 7) is 8.87.